The Kier molecular flexibility index (Phi) is 5.42. The molecule has 0 bridgehead atoms. The first-order valence-electron chi connectivity index (χ1n) is 9.85. The SMILES string of the molecule is CNC(=O)Cn1cc(-c2cccc(C(=O)N3CCCC3c3ccccc3)c2)cn1. The van der Waals surface area contributed by atoms with Crippen LogP contribution in [0.4, 0.5) is 0 Å². The van der Waals surface area contributed by atoms with E-state index in [4.69, 9.17) is 0 Å². The third kappa shape index (κ3) is 4.06. The van der Waals surface area contributed by atoms with Gasteiger partial charge in [0.1, 0.15) is 6.54 Å². The lowest BCUT2D eigenvalue weighted by Gasteiger charge is -2.25. The monoisotopic (exact) mass is 388 g/mol. The van der Waals surface area contributed by atoms with Gasteiger partial charge in [0, 0.05) is 30.9 Å². The van der Waals surface area contributed by atoms with Gasteiger partial charge in [0.25, 0.3) is 5.91 Å². The number of benzene rings is 2. The van der Waals surface area contributed by atoms with Crippen molar-refractivity contribution in [1.29, 1.82) is 0 Å². The van der Waals surface area contributed by atoms with E-state index < -0.39 is 0 Å². The number of aromatic nitrogens is 2. The molecule has 0 spiro atoms. The topological polar surface area (TPSA) is 67.2 Å². The standard InChI is InChI=1S/C23H24N4O2/c1-24-22(28)16-26-15-20(14-25-26)18-9-5-10-19(13-18)23(29)27-12-6-11-21(27)17-7-3-2-4-8-17/h2-5,7-10,13-15,21H,6,11-12,16H2,1H3,(H,24,28). The van der Waals surface area contributed by atoms with Crippen molar-refractivity contribution in [2.24, 2.45) is 0 Å². The van der Waals surface area contributed by atoms with Crippen LogP contribution in [0, 0.1) is 0 Å². The smallest absolute Gasteiger partial charge is 0.254 e. The van der Waals surface area contributed by atoms with Gasteiger partial charge in [-0.05, 0) is 36.1 Å². The Hall–Kier alpha value is -3.41. The van der Waals surface area contributed by atoms with Gasteiger partial charge in [-0.1, -0.05) is 42.5 Å². The summed E-state index contributed by atoms with van der Waals surface area (Å²) in [5.74, 6) is -0.0551. The summed E-state index contributed by atoms with van der Waals surface area (Å²) in [4.78, 5) is 26.8. The second-order valence-corrected chi connectivity index (χ2v) is 7.25. The lowest BCUT2D eigenvalue weighted by Crippen LogP contribution is -2.30. The van der Waals surface area contributed by atoms with Crippen molar-refractivity contribution in [3.8, 4) is 11.1 Å². The van der Waals surface area contributed by atoms with Crippen molar-refractivity contribution in [3.63, 3.8) is 0 Å². The van der Waals surface area contributed by atoms with Crippen LogP contribution in [0.15, 0.2) is 67.0 Å². The molecule has 1 aliphatic rings. The molecule has 6 nitrogen and oxygen atoms in total. The summed E-state index contributed by atoms with van der Waals surface area (Å²) in [6, 6.07) is 18.0. The van der Waals surface area contributed by atoms with Crippen molar-refractivity contribution in [2.45, 2.75) is 25.4 Å². The number of nitrogens with one attached hydrogen (secondary N) is 1. The van der Waals surface area contributed by atoms with Crippen LogP contribution in [0.2, 0.25) is 0 Å². The molecular weight excluding hydrogens is 364 g/mol. The molecule has 0 aliphatic carbocycles. The third-order valence-corrected chi connectivity index (χ3v) is 5.36. The number of nitrogens with zero attached hydrogens (tertiary/aromatic N) is 3. The third-order valence-electron chi connectivity index (χ3n) is 5.36. The number of rotatable bonds is 5. The van der Waals surface area contributed by atoms with Gasteiger partial charge in [0.2, 0.25) is 5.91 Å². The summed E-state index contributed by atoms with van der Waals surface area (Å²) in [7, 11) is 1.60. The molecule has 4 rings (SSSR count). The van der Waals surface area contributed by atoms with Crippen molar-refractivity contribution < 1.29 is 9.59 Å². The first kappa shape index (κ1) is 18.9. The summed E-state index contributed by atoms with van der Waals surface area (Å²) >= 11 is 0. The number of carbonyl (C=O) groups is 2. The predicted molar refractivity (Wildman–Crippen MR) is 111 cm³/mol. The van der Waals surface area contributed by atoms with Gasteiger partial charge in [-0.25, -0.2) is 0 Å². The molecule has 1 fully saturated rings. The maximum Gasteiger partial charge on any atom is 0.254 e. The average molecular weight is 388 g/mol. The molecule has 2 heterocycles. The van der Waals surface area contributed by atoms with Crippen LogP contribution >= 0.6 is 0 Å². The molecule has 6 heteroatoms. The molecule has 1 unspecified atom stereocenters. The van der Waals surface area contributed by atoms with Gasteiger partial charge in [-0.3, -0.25) is 14.3 Å². The van der Waals surface area contributed by atoms with Crippen LogP contribution < -0.4 is 5.32 Å². The van der Waals surface area contributed by atoms with Crippen molar-refractivity contribution in [3.05, 3.63) is 78.1 Å². The highest BCUT2D eigenvalue weighted by Crippen LogP contribution is 2.33. The second-order valence-electron chi connectivity index (χ2n) is 7.25. The molecule has 2 amide bonds. The molecule has 3 aromatic rings. The minimum atomic E-state index is -0.107. The Balaban J connectivity index is 1.55. The van der Waals surface area contributed by atoms with Gasteiger partial charge >= 0.3 is 0 Å². The normalized spacial score (nSPS) is 16.0. The lowest BCUT2D eigenvalue weighted by atomic mass is 10.0. The van der Waals surface area contributed by atoms with E-state index in [1.807, 2.05) is 53.6 Å². The number of hydrogen-bond donors (Lipinski definition) is 1. The zero-order valence-corrected chi connectivity index (χ0v) is 16.4. The lowest BCUT2D eigenvalue weighted by molar-refractivity contribution is -0.121. The fourth-order valence-corrected chi connectivity index (χ4v) is 3.85. The molecule has 148 valence electrons. The number of hydrogen-bond acceptors (Lipinski definition) is 3. The Bertz CT molecular complexity index is 1010. The first-order chi connectivity index (χ1) is 14.2. The van der Waals surface area contributed by atoms with Crippen LogP contribution in [0.3, 0.4) is 0 Å². The van der Waals surface area contributed by atoms with Crippen LogP contribution in [0.25, 0.3) is 11.1 Å². The maximum absolute atomic E-state index is 13.3. The highest BCUT2D eigenvalue weighted by Gasteiger charge is 2.30. The average Bonchev–Trinajstić information content (AvgIpc) is 3.44. The molecule has 29 heavy (non-hydrogen) atoms. The predicted octanol–water partition coefficient (Wildman–Crippen LogP) is 3.27. The number of carbonyl (C=O) groups excluding carboxylic acids is 2. The van der Waals surface area contributed by atoms with E-state index in [2.05, 4.69) is 22.5 Å². The highest BCUT2D eigenvalue weighted by atomic mass is 16.2. The minimum absolute atomic E-state index is 0.0518. The maximum atomic E-state index is 13.3. The van der Waals surface area contributed by atoms with E-state index >= 15 is 0 Å². The Labute approximate surface area is 170 Å². The molecule has 1 aromatic heterocycles. The van der Waals surface area contributed by atoms with E-state index in [0.717, 1.165) is 30.5 Å². The molecule has 1 aliphatic heterocycles. The van der Waals surface area contributed by atoms with Crippen molar-refractivity contribution in [1.82, 2.24) is 20.0 Å². The van der Waals surface area contributed by atoms with E-state index in [-0.39, 0.29) is 24.4 Å². The zero-order chi connectivity index (χ0) is 20.2. The minimum Gasteiger partial charge on any atom is -0.358 e. The van der Waals surface area contributed by atoms with Crippen LogP contribution in [0.1, 0.15) is 34.8 Å². The van der Waals surface area contributed by atoms with Gasteiger partial charge in [-0.2, -0.15) is 5.10 Å². The van der Waals surface area contributed by atoms with Crippen LogP contribution in [-0.4, -0.2) is 40.1 Å². The largest absolute Gasteiger partial charge is 0.358 e. The first-order valence-corrected chi connectivity index (χ1v) is 9.85. The fourth-order valence-electron chi connectivity index (χ4n) is 3.85. The fraction of sp³-hybridized carbons (Fsp3) is 0.261. The summed E-state index contributed by atoms with van der Waals surface area (Å²) in [5.41, 5.74) is 3.65. The Morgan fingerprint density at radius 1 is 1.10 bits per heavy atom. The molecule has 2 aromatic carbocycles. The summed E-state index contributed by atoms with van der Waals surface area (Å²) < 4.78 is 1.59. The van der Waals surface area contributed by atoms with Crippen molar-refractivity contribution >= 4 is 11.8 Å². The van der Waals surface area contributed by atoms with E-state index in [1.54, 1.807) is 17.9 Å². The van der Waals surface area contributed by atoms with E-state index in [9.17, 15) is 9.59 Å². The number of amides is 2. The van der Waals surface area contributed by atoms with E-state index in [0.29, 0.717) is 5.56 Å². The van der Waals surface area contributed by atoms with Gasteiger partial charge in [0.05, 0.1) is 12.2 Å². The summed E-state index contributed by atoms with van der Waals surface area (Å²) in [6.45, 7) is 0.939. The highest BCUT2D eigenvalue weighted by molar-refractivity contribution is 5.96. The summed E-state index contributed by atoms with van der Waals surface area (Å²) in [5, 5.41) is 6.83. The van der Waals surface area contributed by atoms with Gasteiger partial charge in [-0.15, -0.1) is 0 Å². The van der Waals surface area contributed by atoms with Gasteiger partial charge < -0.3 is 10.2 Å². The van der Waals surface area contributed by atoms with Crippen LogP contribution in [0.5, 0.6) is 0 Å². The number of likely N-dealkylation sites (N-methyl/N-ethyl adjacent to an activating group) is 1. The second kappa shape index (κ2) is 8.31. The molecular formula is C23H24N4O2. The molecule has 0 saturated carbocycles. The van der Waals surface area contributed by atoms with Crippen LogP contribution in [-0.2, 0) is 11.3 Å². The van der Waals surface area contributed by atoms with E-state index in [1.165, 1.54) is 5.56 Å². The van der Waals surface area contributed by atoms with Gasteiger partial charge in [0.15, 0.2) is 0 Å². The molecule has 1 saturated heterocycles. The van der Waals surface area contributed by atoms with Crippen molar-refractivity contribution in [2.75, 3.05) is 13.6 Å². The zero-order valence-electron chi connectivity index (χ0n) is 16.4. The quantitative estimate of drug-likeness (QED) is 0.729. The molecule has 1 N–H and O–H groups in total. The Morgan fingerprint density at radius 3 is 2.72 bits per heavy atom. The number of likely N-dealkylation sites (tertiary alicyclic amines) is 1. The summed E-state index contributed by atoms with van der Waals surface area (Å²) in [6.07, 6.45) is 5.54. The molecule has 1 atom stereocenters. The Morgan fingerprint density at radius 2 is 1.93 bits per heavy atom. The molecule has 0 radical (unpaired) electrons.